The molecule has 3 aromatic rings. The van der Waals surface area contributed by atoms with Crippen LogP contribution < -0.4 is 0 Å². The number of rotatable bonds is 9. The third kappa shape index (κ3) is 6.50. The molecular weight excluding hydrogens is 399 g/mol. The minimum absolute atomic E-state index is 0.0244. The van der Waals surface area contributed by atoms with Crippen molar-refractivity contribution in [2.45, 2.75) is 39.3 Å². The number of halogens is 1. The summed E-state index contributed by atoms with van der Waals surface area (Å²) in [6, 6.07) is 15.5. The average Bonchev–Trinajstić information content (AvgIpc) is 3.24. The van der Waals surface area contributed by atoms with Crippen LogP contribution in [0.2, 0.25) is 0 Å². The fraction of sp³-hybridized carbons (Fsp3) is 0.292. The molecule has 0 unspecified atom stereocenters. The molecule has 1 heterocycles. The van der Waals surface area contributed by atoms with Gasteiger partial charge in [0.1, 0.15) is 5.82 Å². The van der Waals surface area contributed by atoms with Crippen molar-refractivity contribution in [3.05, 3.63) is 78.1 Å². The Hall–Kier alpha value is -3.48. The van der Waals surface area contributed by atoms with Gasteiger partial charge in [-0.05, 0) is 43.7 Å². The van der Waals surface area contributed by atoms with E-state index in [1.807, 2.05) is 44.2 Å². The van der Waals surface area contributed by atoms with E-state index in [2.05, 4.69) is 4.98 Å². The first kappa shape index (κ1) is 22.2. The van der Waals surface area contributed by atoms with E-state index in [1.165, 1.54) is 18.3 Å². The molecule has 0 fully saturated rings. The summed E-state index contributed by atoms with van der Waals surface area (Å²) >= 11 is 0. The number of nitrogens with zero attached hydrogens (tertiary/aromatic N) is 2. The lowest BCUT2D eigenvalue weighted by Gasteiger charge is -2.26. The van der Waals surface area contributed by atoms with E-state index in [9.17, 15) is 14.0 Å². The topological polar surface area (TPSA) is 72.6 Å². The zero-order valence-corrected chi connectivity index (χ0v) is 17.6. The van der Waals surface area contributed by atoms with Gasteiger partial charge >= 0.3 is 5.97 Å². The van der Waals surface area contributed by atoms with Crippen LogP contribution in [0.5, 0.6) is 0 Å². The Morgan fingerprint density at radius 2 is 1.81 bits per heavy atom. The van der Waals surface area contributed by atoms with E-state index >= 15 is 0 Å². The van der Waals surface area contributed by atoms with E-state index in [0.29, 0.717) is 23.8 Å². The number of aromatic nitrogens is 1. The SMILES string of the molecule is CC(C)N(Cc1ccccc1)C(=O)COC(=O)CCc1ncc(-c2ccc(F)cc2)o1. The van der Waals surface area contributed by atoms with Crippen LogP contribution in [0.3, 0.4) is 0 Å². The second-order valence-corrected chi connectivity index (χ2v) is 7.39. The summed E-state index contributed by atoms with van der Waals surface area (Å²) in [6.07, 6.45) is 1.81. The summed E-state index contributed by atoms with van der Waals surface area (Å²) in [5.41, 5.74) is 1.71. The van der Waals surface area contributed by atoms with Crippen LogP contribution >= 0.6 is 0 Å². The number of carbonyl (C=O) groups excluding carboxylic acids is 2. The van der Waals surface area contributed by atoms with Crippen molar-refractivity contribution in [3.63, 3.8) is 0 Å². The van der Waals surface area contributed by atoms with Gasteiger partial charge in [0, 0.05) is 24.6 Å². The molecule has 0 aliphatic rings. The molecule has 0 bridgehead atoms. The monoisotopic (exact) mass is 424 g/mol. The smallest absolute Gasteiger partial charge is 0.306 e. The number of esters is 1. The number of amides is 1. The molecule has 0 aliphatic heterocycles. The lowest BCUT2D eigenvalue weighted by molar-refractivity contribution is -0.153. The van der Waals surface area contributed by atoms with Gasteiger partial charge in [-0.25, -0.2) is 9.37 Å². The number of oxazole rings is 1. The third-order valence-electron chi connectivity index (χ3n) is 4.72. The van der Waals surface area contributed by atoms with Crippen LogP contribution in [-0.2, 0) is 27.3 Å². The van der Waals surface area contributed by atoms with Crippen LogP contribution in [0.15, 0.2) is 65.2 Å². The van der Waals surface area contributed by atoms with Crippen LogP contribution in [0.4, 0.5) is 4.39 Å². The van der Waals surface area contributed by atoms with E-state index in [0.717, 1.165) is 5.56 Å². The highest BCUT2D eigenvalue weighted by Crippen LogP contribution is 2.21. The summed E-state index contributed by atoms with van der Waals surface area (Å²) in [6.45, 7) is 3.99. The summed E-state index contributed by atoms with van der Waals surface area (Å²) in [4.78, 5) is 30.4. The standard InChI is InChI=1S/C24H25FN2O4/c1-17(2)27(15-18-6-4-3-5-7-18)23(28)16-30-24(29)13-12-22-26-14-21(31-22)19-8-10-20(25)11-9-19/h3-11,14,17H,12-13,15-16H2,1-2H3. The van der Waals surface area contributed by atoms with Crippen molar-refractivity contribution in [2.24, 2.45) is 0 Å². The van der Waals surface area contributed by atoms with E-state index in [1.54, 1.807) is 17.0 Å². The minimum atomic E-state index is -0.502. The molecule has 7 heteroatoms. The lowest BCUT2D eigenvalue weighted by Crippen LogP contribution is -2.39. The van der Waals surface area contributed by atoms with Gasteiger partial charge in [0.25, 0.3) is 5.91 Å². The van der Waals surface area contributed by atoms with Crippen molar-refractivity contribution in [1.82, 2.24) is 9.88 Å². The molecule has 31 heavy (non-hydrogen) atoms. The number of aryl methyl sites for hydroxylation is 1. The fourth-order valence-electron chi connectivity index (χ4n) is 3.02. The van der Waals surface area contributed by atoms with E-state index in [4.69, 9.17) is 9.15 Å². The van der Waals surface area contributed by atoms with Gasteiger partial charge in [-0.15, -0.1) is 0 Å². The summed E-state index contributed by atoms with van der Waals surface area (Å²) in [5.74, 6) is -0.219. The van der Waals surface area contributed by atoms with Crippen LogP contribution in [-0.4, -0.2) is 34.4 Å². The first-order valence-electron chi connectivity index (χ1n) is 10.1. The molecule has 0 atom stereocenters. The molecule has 1 aromatic heterocycles. The first-order chi connectivity index (χ1) is 14.9. The van der Waals surface area contributed by atoms with Crippen molar-refractivity contribution in [1.29, 1.82) is 0 Å². The summed E-state index contributed by atoms with van der Waals surface area (Å²) < 4.78 is 23.8. The van der Waals surface area contributed by atoms with Gasteiger partial charge < -0.3 is 14.1 Å². The van der Waals surface area contributed by atoms with Crippen molar-refractivity contribution >= 4 is 11.9 Å². The Labute approximate surface area is 180 Å². The highest BCUT2D eigenvalue weighted by atomic mass is 19.1. The Morgan fingerprint density at radius 3 is 2.48 bits per heavy atom. The molecular formula is C24H25FN2O4. The quantitative estimate of drug-likeness (QED) is 0.476. The molecule has 2 aromatic carbocycles. The fourth-order valence-corrected chi connectivity index (χ4v) is 3.02. The number of carbonyl (C=O) groups is 2. The second kappa shape index (κ2) is 10.5. The largest absolute Gasteiger partial charge is 0.456 e. The van der Waals surface area contributed by atoms with Crippen LogP contribution in [0, 0.1) is 5.82 Å². The maximum absolute atomic E-state index is 13.0. The van der Waals surface area contributed by atoms with Crippen molar-refractivity contribution in [3.8, 4) is 11.3 Å². The van der Waals surface area contributed by atoms with Gasteiger partial charge in [-0.1, -0.05) is 30.3 Å². The molecule has 162 valence electrons. The Balaban J connectivity index is 1.47. The normalized spacial score (nSPS) is 10.8. The van der Waals surface area contributed by atoms with Gasteiger partial charge in [0.2, 0.25) is 0 Å². The highest BCUT2D eigenvalue weighted by Gasteiger charge is 2.19. The van der Waals surface area contributed by atoms with Gasteiger partial charge in [0.15, 0.2) is 18.3 Å². The molecule has 3 rings (SSSR count). The Kier molecular flexibility index (Phi) is 7.54. The van der Waals surface area contributed by atoms with E-state index < -0.39 is 5.97 Å². The predicted octanol–water partition coefficient (Wildman–Crippen LogP) is 4.39. The molecule has 0 radical (unpaired) electrons. The molecule has 6 nitrogen and oxygen atoms in total. The number of hydrogen-bond donors (Lipinski definition) is 0. The zero-order chi connectivity index (χ0) is 22.2. The zero-order valence-electron chi connectivity index (χ0n) is 17.6. The van der Waals surface area contributed by atoms with Crippen LogP contribution in [0.25, 0.3) is 11.3 Å². The molecule has 0 aliphatic carbocycles. The van der Waals surface area contributed by atoms with Crippen LogP contribution in [0.1, 0.15) is 31.7 Å². The second-order valence-electron chi connectivity index (χ2n) is 7.39. The van der Waals surface area contributed by atoms with Gasteiger partial charge in [-0.2, -0.15) is 0 Å². The van der Waals surface area contributed by atoms with Crippen molar-refractivity contribution < 1.29 is 23.1 Å². The predicted molar refractivity (Wildman–Crippen MR) is 113 cm³/mol. The number of benzene rings is 2. The molecule has 1 amide bonds. The Morgan fingerprint density at radius 1 is 1.10 bits per heavy atom. The highest BCUT2D eigenvalue weighted by molar-refractivity contribution is 5.81. The summed E-state index contributed by atoms with van der Waals surface area (Å²) in [7, 11) is 0. The lowest BCUT2D eigenvalue weighted by atomic mass is 10.2. The average molecular weight is 424 g/mol. The Bertz CT molecular complexity index is 1000. The van der Waals surface area contributed by atoms with Gasteiger partial charge in [-0.3, -0.25) is 9.59 Å². The molecule has 0 N–H and O–H groups in total. The molecule has 0 spiro atoms. The molecule has 0 saturated carbocycles. The number of hydrogen-bond acceptors (Lipinski definition) is 5. The number of ether oxygens (including phenoxy) is 1. The van der Waals surface area contributed by atoms with E-state index in [-0.39, 0.29) is 37.2 Å². The maximum Gasteiger partial charge on any atom is 0.306 e. The first-order valence-corrected chi connectivity index (χ1v) is 10.1. The maximum atomic E-state index is 13.0. The van der Waals surface area contributed by atoms with Crippen molar-refractivity contribution in [2.75, 3.05) is 6.61 Å². The molecule has 0 saturated heterocycles. The van der Waals surface area contributed by atoms with Gasteiger partial charge in [0.05, 0.1) is 12.6 Å². The minimum Gasteiger partial charge on any atom is -0.456 e. The summed E-state index contributed by atoms with van der Waals surface area (Å²) in [5, 5.41) is 0. The third-order valence-corrected chi connectivity index (χ3v) is 4.72.